The lowest BCUT2D eigenvalue weighted by molar-refractivity contribution is -0.131. The maximum atomic E-state index is 12.7. The highest BCUT2D eigenvalue weighted by Gasteiger charge is 2.31. The average molecular weight is 344 g/mol. The second-order valence-electron chi connectivity index (χ2n) is 6.61. The minimum atomic E-state index is 0.102. The monoisotopic (exact) mass is 344 g/mol. The zero-order valence-corrected chi connectivity index (χ0v) is 15.3. The Hall–Kier alpha value is -1.79. The molecule has 0 bridgehead atoms. The molecule has 1 fully saturated rings. The molecule has 5 nitrogen and oxygen atoms in total. The summed E-state index contributed by atoms with van der Waals surface area (Å²) in [5.74, 6) is 0.155. The van der Waals surface area contributed by atoms with Gasteiger partial charge in [-0.05, 0) is 45.5 Å². The molecule has 128 valence electrons. The van der Waals surface area contributed by atoms with Gasteiger partial charge in [0.15, 0.2) is 0 Å². The van der Waals surface area contributed by atoms with Gasteiger partial charge in [-0.3, -0.25) is 9.78 Å². The van der Waals surface area contributed by atoms with Crippen molar-refractivity contribution in [2.24, 2.45) is 0 Å². The van der Waals surface area contributed by atoms with E-state index in [9.17, 15) is 4.79 Å². The first-order chi connectivity index (χ1) is 11.5. The molecule has 2 aromatic heterocycles. The molecule has 0 radical (unpaired) electrons. The fourth-order valence-corrected chi connectivity index (χ4v) is 3.82. The van der Waals surface area contributed by atoms with Gasteiger partial charge in [0.05, 0.1) is 28.9 Å². The molecule has 1 amide bonds. The van der Waals surface area contributed by atoms with E-state index in [0.29, 0.717) is 6.42 Å². The molecule has 0 aliphatic carbocycles. The third kappa shape index (κ3) is 3.99. The third-order valence-electron chi connectivity index (χ3n) is 4.26. The van der Waals surface area contributed by atoms with E-state index < -0.39 is 0 Å². The fraction of sp³-hybridized carbons (Fsp3) is 0.500. The van der Waals surface area contributed by atoms with Crippen LogP contribution in [0.15, 0.2) is 23.7 Å². The number of aromatic nitrogens is 2. The van der Waals surface area contributed by atoms with Crippen LogP contribution in [-0.2, 0) is 17.8 Å². The third-order valence-corrected chi connectivity index (χ3v) is 5.08. The van der Waals surface area contributed by atoms with Crippen LogP contribution in [0.3, 0.4) is 0 Å². The van der Waals surface area contributed by atoms with Gasteiger partial charge in [-0.15, -0.1) is 11.3 Å². The summed E-state index contributed by atoms with van der Waals surface area (Å²) in [6.45, 7) is 3.66. The van der Waals surface area contributed by atoms with Crippen LogP contribution in [0.2, 0.25) is 0 Å². The Morgan fingerprint density at radius 3 is 2.88 bits per heavy atom. The lowest BCUT2D eigenvalue weighted by Crippen LogP contribution is -2.32. The standard InChI is InChI=1S/C18H24N4OS/c1-13-20-15(12-24-13)9-18(23)22-8-4-5-17(22)16-7-6-14(10-19-16)11-21(2)3/h6-7,10,12,17H,4-5,8-9,11H2,1-3H3. The number of likely N-dealkylation sites (tertiary alicyclic amines) is 1. The summed E-state index contributed by atoms with van der Waals surface area (Å²) in [4.78, 5) is 25.8. The maximum absolute atomic E-state index is 12.7. The minimum absolute atomic E-state index is 0.102. The average Bonchev–Trinajstić information content (AvgIpc) is 3.16. The van der Waals surface area contributed by atoms with Crippen molar-refractivity contribution >= 4 is 17.2 Å². The topological polar surface area (TPSA) is 49.3 Å². The van der Waals surface area contributed by atoms with Gasteiger partial charge in [-0.2, -0.15) is 0 Å². The van der Waals surface area contributed by atoms with Gasteiger partial charge in [-0.1, -0.05) is 6.07 Å². The van der Waals surface area contributed by atoms with Crippen LogP contribution in [0.25, 0.3) is 0 Å². The molecule has 1 saturated heterocycles. The van der Waals surface area contributed by atoms with Crippen molar-refractivity contribution in [1.29, 1.82) is 0 Å². The normalized spacial score (nSPS) is 17.7. The molecule has 1 aliphatic heterocycles. The Kier molecular flexibility index (Phi) is 5.26. The lowest BCUT2D eigenvalue weighted by Gasteiger charge is -2.24. The van der Waals surface area contributed by atoms with E-state index >= 15 is 0 Å². The van der Waals surface area contributed by atoms with Gasteiger partial charge in [-0.25, -0.2) is 4.98 Å². The van der Waals surface area contributed by atoms with E-state index in [2.05, 4.69) is 27.0 Å². The van der Waals surface area contributed by atoms with Gasteiger partial charge in [0.25, 0.3) is 0 Å². The Balaban J connectivity index is 1.69. The largest absolute Gasteiger partial charge is 0.334 e. The van der Waals surface area contributed by atoms with Crippen molar-refractivity contribution in [3.05, 3.63) is 45.7 Å². The van der Waals surface area contributed by atoms with E-state index in [1.54, 1.807) is 11.3 Å². The number of rotatable bonds is 5. The highest BCUT2D eigenvalue weighted by atomic mass is 32.1. The minimum Gasteiger partial charge on any atom is -0.334 e. The number of amides is 1. The molecule has 0 saturated carbocycles. The van der Waals surface area contributed by atoms with E-state index in [-0.39, 0.29) is 11.9 Å². The highest BCUT2D eigenvalue weighted by Crippen LogP contribution is 2.31. The van der Waals surface area contributed by atoms with Crippen molar-refractivity contribution in [2.45, 2.75) is 38.8 Å². The first-order valence-electron chi connectivity index (χ1n) is 8.33. The molecule has 2 aromatic rings. The van der Waals surface area contributed by atoms with Crippen LogP contribution in [0.1, 0.15) is 40.8 Å². The Bertz CT molecular complexity index is 695. The molecule has 6 heteroatoms. The van der Waals surface area contributed by atoms with Crippen LogP contribution in [0.4, 0.5) is 0 Å². The molecule has 1 atom stereocenters. The summed E-state index contributed by atoms with van der Waals surface area (Å²) < 4.78 is 0. The van der Waals surface area contributed by atoms with Crippen LogP contribution in [-0.4, -0.2) is 46.3 Å². The smallest absolute Gasteiger partial charge is 0.229 e. The Morgan fingerprint density at radius 2 is 2.25 bits per heavy atom. The second kappa shape index (κ2) is 7.40. The molecule has 0 spiro atoms. The van der Waals surface area contributed by atoms with Gasteiger partial charge in [0.2, 0.25) is 5.91 Å². The molecular formula is C18H24N4OS. The first kappa shape index (κ1) is 17.0. The predicted octanol–water partition coefficient (Wildman–Crippen LogP) is 2.81. The van der Waals surface area contributed by atoms with E-state index in [1.807, 2.05) is 37.5 Å². The second-order valence-corrected chi connectivity index (χ2v) is 7.67. The van der Waals surface area contributed by atoms with Crippen molar-refractivity contribution in [3.63, 3.8) is 0 Å². The van der Waals surface area contributed by atoms with Gasteiger partial charge in [0.1, 0.15) is 0 Å². The molecule has 3 rings (SSSR count). The van der Waals surface area contributed by atoms with Crippen molar-refractivity contribution < 1.29 is 4.79 Å². The SMILES string of the molecule is Cc1nc(CC(=O)N2CCCC2c2ccc(CN(C)C)cn2)cs1. The molecule has 0 N–H and O–H groups in total. The van der Waals surface area contributed by atoms with Gasteiger partial charge in [0, 0.05) is 24.7 Å². The van der Waals surface area contributed by atoms with Crippen LogP contribution in [0.5, 0.6) is 0 Å². The van der Waals surface area contributed by atoms with Crippen molar-refractivity contribution in [1.82, 2.24) is 19.8 Å². The van der Waals surface area contributed by atoms with E-state index in [0.717, 1.165) is 42.3 Å². The van der Waals surface area contributed by atoms with Crippen LogP contribution < -0.4 is 0 Å². The number of pyridine rings is 1. The van der Waals surface area contributed by atoms with E-state index in [4.69, 9.17) is 0 Å². The maximum Gasteiger partial charge on any atom is 0.229 e. The zero-order valence-electron chi connectivity index (χ0n) is 14.5. The number of hydrogen-bond donors (Lipinski definition) is 0. The quantitative estimate of drug-likeness (QED) is 0.837. The summed E-state index contributed by atoms with van der Waals surface area (Å²) in [5.41, 5.74) is 3.07. The molecule has 1 unspecified atom stereocenters. The first-order valence-corrected chi connectivity index (χ1v) is 9.21. The Morgan fingerprint density at radius 1 is 1.42 bits per heavy atom. The van der Waals surface area contributed by atoms with Gasteiger partial charge >= 0.3 is 0 Å². The molecule has 0 aromatic carbocycles. The van der Waals surface area contributed by atoms with Gasteiger partial charge < -0.3 is 9.80 Å². The number of aryl methyl sites for hydroxylation is 1. The molecule has 24 heavy (non-hydrogen) atoms. The summed E-state index contributed by atoms with van der Waals surface area (Å²) in [6.07, 6.45) is 4.34. The number of carbonyl (C=O) groups is 1. The summed E-state index contributed by atoms with van der Waals surface area (Å²) in [6, 6.07) is 4.29. The highest BCUT2D eigenvalue weighted by molar-refractivity contribution is 7.09. The summed E-state index contributed by atoms with van der Waals surface area (Å²) in [5, 5.41) is 2.99. The zero-order chi connectivity index (χ0) is 17.1. The molecular weight excluding hydrogens is 320 g/mol. The van der Waals surface area contributed by atoms with Crippen LogP contribution in [0, 0.1) is 6.92 Å². The summed E-state index contributed by atoms with van der Waals surface area (Å²) in [7, 11) is 4.09. The lowest BCUT2D eigenvalue weighted by atomic mass is 10.1. The summed E-state index contributed by atoms with van der Waals surface area (Å²) >= 11 is 1.59. The molecule has 1 aliphatic rings. The van der Waals surface area contributed by atoms with Crippen molar-refractivity contribution in [3.8, 4) is 0 Å². The Labute approximate surface area is 147 Å². The molecule has 3 heterocycles. The number of nitrogens with zero attached hydrogens (tertiary/aromatic N) is 4. The number of carbonyl (C=O) groups excluding carboxylic acids is 1. The predicted molar refractivity (Wildman–Crippen MR) is 95.9 cm³/mol. The van der Waals surface area contributed by atoms with E-state index in [1.165, 1.54) is 5.56 Å². The fourth-order valence-electron chi connectivity index (χ4n) is 3.21. The number of hydrogen-bond acceptors (Lipinski definition) is 5. The van der Waals surface area contributed by atoms with Crippen LogP contribution >= 0.6 is 11.3 Å². The number of thiazole rings is 1. The van der Waals surface area contributed by atoms with Crippen molar-refractivity contribution in [2.75, 3.05) is 20.6 Å².